The largest absolute Gasteiger partial charge is 0.493 e. The fourth-order valence-electron chi connectivity index (χ4n) is 1.24. The van der Waals surface area contributed by atoms with Crippen molar-refractivity contribution in [2.45, 2.75) is 6.42 Å². The standard InChI is InChI=1S/C9H8O2/c1-10-8-2-3-9-7(6-8)4-5-11-9/h1-3,6H,4-5H2. The molecule has 0 atom stereocenters. The lowest BCUT2D eigenvalue weighted by Crippen LogP contribution is -1.85. The average Bonchev–Trinajstić information content (AvgIpc) is 2.50. The minimum absolute atomic E-state index is 0.689. The van der Waals surface area contributed by atoms with E-state index in [1.807, 2.05) is 12.1 Å². The Morgan fingerprint density at radius 1 is 1.45 bits per heavy atom. The second-order valence-electron chi connectivity index (χ2n) is 2.49. The van der Waals surface area contributed by atoms with Crippen molar-refractivity contribution in [2.24, 2.45) is 0 Å². The van der Waals surface area contributed by atoms with Crippen molar-refractivity contribution in [1.29, 1.82) is 0 Å². The average molecular weight is 148 g/mol. The van der Waals surface area contributed by atoms with Gasteiger partial charge in [0.05, 0.1) is 6.61 Å². The van der Waals surface area contributed by atoms with Crippen LogP contribution in [0.15, 0.2) is 18.2 Å². The van der Waals surface area contributed by atoms with Gasteiger partial charge in [-0.2, -0.15) is 0 Å². The zero-order chi connectivity index (χ0) is 7.68. The number of ether oxygens (including phenoxy) is 2. The third-order valence-corrected chi connectivity index (χ3v) is 1.80. The lowest BCUT2D eigenvalue weighted by atomic mass is 10.2. The van der Waals surface area contributed by atoms with E-state index in [0.717, 1.165) is 18.8 Å². The highest BCUT2D eigenvalue weighted by Crippen LogP contribution is 2.28. The predicted molar refractivity (Wildman–Crippen MR) is 40.6 cm³/mol. The number of hydrogen-bond acceptors (Lipinski definition) is 2. The molecule has 1 aromatic carbocycles. The molecule has 2 nitrogen and oxygen atoms in total. The molecule has 0 amide bonds. The molecule has 11 heavy (non-hydrogen) atoms. The second-order valence-corrected chi connectivity index (χ2v) is 2.49. The van der Waals surface area contributed by atoms with E-state index >= 15 is 0 Å². The summed E-state index contributed by atoms with van der Waals surface area (Å²) in [4.78, 5) is 0. The zero-order valence-electron chi connectivity index (χ0n) is 6.04. The van der Waals surface area contributed by atoms with E-state index in [4.69, 9.17) is 11.8 Å². The first kappa shape index (κ1) is 6.53. The molecule has 0 aliphatic carbocycles. The first-order valence-electron chi connectivity index (χ1n) is 3.52. The summed E-state index contributed by atoms with van der Waals surface area (Å²) >= 11 is 0. The maximum Gasteiger partial charge on any atom is 0.180 e. The second kappa shape index (κ2) is 2.46. The quantitative estimate of drug-likeness (QED) is 0.603. The van der Waals surface area contributed by atoms with Crippen molar-refractivity contribution >= 4 is 0 Å². The molecule has 2 radical (unpaired) electrons. The minimum atomic E-state index is 0.689. The van der Waals surface area contributed by atoms with Crippen LogP contribution in [0.1, 0.15) is 5.56 Å². The molecule has 0 aromatic heterocycles. The van der Waals surface area contributed by atoms with Gasteiger partial charge in [-0.3, -0.25) is 0 Å². The van der Waals surface area contributed by atoms with E-state index in [9.17, 15) is 0 Å². The summed E-state index contributed by atoms with van der Waals surface area (Å²) in [5.41, 5.74) is 1.17. The van der Waals surface area contributed by atoms with Gasteiger partial charge in [-0.15, -0.1) is 0 Å². The molecule has 2 heteroatoms. The molecule has 0 bridgehead atoms. The topological polar surface area (TPSA) is 18.5 Å². The van der Waals surface area contributed by atoms with Crippen molar-refractivity contribution < 1.29 is 9.47 Å². The molecule has 0 saturated heterocycles. The summed E-state index contributed by atoms with van der Waals surface area (Å²) in [5, 5.41) is 0. The Balaban J connectivity index is 2.41. The normalized spacial score (nSPS) is 13.9. The predicted octanol–water partition coefficient (Wildman–Crippen LogP) is 1.67. The van der Waals surface area contributed by atoms with Crippen LogP contribution in [0.5, 0.6) is 11.5 Å². The SMILES string of the molecule is [CH]Oc1ccc2c(c1)CCO2. The zero-order valence-corrected chi connectivity index (χ0v) is 6.04. The highest BCUT2D eigenvalue weighted by Gasteiger charge is 2.11. The van der Waals surface area contributed by atoms with Gasteiger partial charge in [0.25, 0.3) is 0 Å². The number of benzene rings is 1. The first-order valence-corrected chi connectivity index (χ1v) is 3.52. The fraction of sp³-hybridized carbons (Fsp3) is 0.222. The van der Waals surface area contributed by atoms with Crippen LogP contribution in [0.25, 0.3) is 0 Å². The molecule has 1 aromatic rings. The summed E-state index contributed by atoms with van der Waals surface area (Å²) in [6.07, 6.45) is 0.951. The van der Waals surface area contributed by atoms with Crippen LogP contribution in [0.4, 0.5) is 0 Å². The van der Waals surface area contributed by atoms with E-state index in [1.54, 1.807) is 6.07 Å². The molecular formula is C9H8O2. The van der Waals surface area contributed by atoms with E-state index in [2.05, 4.69) is 4.74 Å². The monoisotopic (exact) mass is 148 g/mol. The van der Waals surface area contributed by atoms with Gasteiger partial charge in [-0.25, -0.2) is 0 Å². The van der Waals surface area contributed by atoms with Crippen LogP contribution < -0.4 is 9.47 Å². The Morgan fingerprint density at radius 3 is 3.18 bits per heavy atom. The van der Waals surface area contributed by atoms with Crippen LogP contribution in [0.3, 0.4) is 0 Å². The molecule has 0 N–H and O–H groups in total. The van der Waals surface area contributed by atoms with Crippen molar-refractivity contribution in [2.75, 3.05) is 6.61 Å². The van der Waals surface area contributed by atoms with Gasteiger partial charge in [-0.05, 0) is 18.2 Å². The summed E-state index contributed by atoms with van der Waals surface area (Å²) in [6.45, 7) is 0.767. The molecule has 1 heterocycles. The van der Waals surface area contributed by atoms with Gasteiger partial charge in [0, 0.05) is 12.0 Å². The van der Waals surface area contributed by atoms with Crippen LogP contribution >= 0.6 is 0 Å². The molecular weight excluding hydrogens is 140 g/mol. The van der Waals surface area contributed by atoms with Gasteiger partial charge >= 0.3 is 0 Å². The first-order chi connectivity index (χ1) is 5.40. The van der Waals surface area contributed by atoms with Crippen LogP contribution in [0, 0.1) is 7.11 Å². The van der Waals surface area contributed by atoms with Gasteiger partial charge in [-0.1, -0.05) is 0 Å². The molecule has 1 aliphatic rings. The highest BCUT2D eigenvalue weighted by atomic mass is 16.5. The summed E-state index contributed by atoms with van der Waals surface area (Å²) in [5.74, 6) is 1.64. The molecule has 0 unspecified atom stereocenters. The summed E-state index contributed by atoms with van der Waals surface area (Å²) in [7, 11) is 5.00. The van der Waals surface area contributed by atoms with E-state index in [-0.39, 0.29) is 0 Å². The number of rotatable bonds is 1. The molecule has 0 spiro atoms. The van der Waals surface area contributed by atoms with E-state index < -0.39 is 0 Å². The smallest absolute Gasteiger partial charge is 0.180 e. The maximum absolute atomic E-state index is 5.30. The highest BCUT2D eigenvalue weighted by molar-refractivity contribution is 5.42. The Kier molecular flexibility index (Phi) is 1.46. The third kappa shape index (κ3) is 1.04. The lowest BCUT2D eigenvalue weighted by molar-refractivity contribution is 0.356. The molecule has 1 aliphatic heterocycles. The van der Waals surface area contributed by atoms with Gasteiger partial charge in [0.1, 0.15) is 11.5 Å². The Hall–Kier alpha value is -1.18. The summed E-state index contributed by atoms with van der Waals surface area (Å²) < 4.78 is 9.89. The van der Waals surface area contributed by atoms with Crippen molar-refractivity contribution in [3.8, 4) is 11.5 Å². The maximum atomic E-state index is 5.30. The van der Waals surface area contributed by atoms with Crippen LogP contribution in [-0.4, -0.2) is 6.61 Å². The van der Waals surface area contributed by atoms with E-state index in [0.29, 0.717) is 5.75 Å². The lowest BCUT2D eigenvalue weighted by Gasteiger charge is -2.00. The number of fused-ring (bicyclic) bond motifs is 1. The molecule has 0 fully saturated rings. The van der Waals surface area contributed by atoms with Gasteiger partial charge in [0.2, 0.25) is 0 Å². The summed E-state index contributed by atoms with van der Waals surface area (Å²) in [6, 6.07) is 5.58. The van der Waals surface area contributed by atoms with Crippen LogP contribution in [-0.2, 0) is 6.42 Å². The van der Waals surface area contributed by atoms with E-state index in [1.165, 1.54) is 5.56 Å². The molecule has 56 valence electrons. The number of hydrogen-bond donors (Lipinski definition) is 0. The Morgan fingerprint density at radius 2 is 2.36 bits per heavy atom. The van der Waals surface area contributed by atoms with Crippen molar-refractivity contribution in [3.05, 3.63) is 30.9 Å². The molecule has 0 saturated carbocycles. The van der Waals surface area contributed by atoms with Gasteiger partial charge in [0.15, 0.2) is 7.11 Å². The molecule has 2 rings (SSSR count). The Labute approximate surface area is 65.7 Å². The van der Waals surface area contributed by atoms with Crippen LogP contribution in [0.2, 0.25) is 0 Å². The fourth-order valence-corrected chi connectivity index (χ4v) is 1.24. The third-order valence-electron chi connectivity index (χ3n) is 1.80. The minimum Gasteiger partial charge on any atom is -0.493 e. The Bertz CT molecular complexity index is 268. The van der Waals surface area contributed by atoms with Crippen molar-refractivity contribution in [3.63, 3.8) is 0 Å². The van der Waals surface area contributed by atoms with Crippen molar-refractivity contribution in [1.82, 2.24) is 0 Å². The van der Waals surface area contributed by atoms with Gasteiger partial charge < -0.3 is 9.47 Å².